The lowest BCUT2D eigenvalue weighted by molar-refractivity contribution is -0.137. The molecule has 0 bridgehead atoms. The highest BCUT2D eigenvalue weighted by atomic mass is 19.1. The zero-order chi connectivity index (χ0) is 16.4. The van der Waals surface area contributed by atoms with E-state index in [1.807, 2.05) is 0 Å². The predicted octanol–water partition coefficient (Wildman–Crippen LogP) is 1.98. The monoisotopic (exact) mass is 305 g/mol. The van der Waals surface area contributed by atoms with Gasteiger partial charge in [0.15, 0.2) is 0 Å². The summed E-state index contributed by atoms with van der Waals surface area (Å²) in [6.07, 6.45) is -0.219. The van der Waals surface area contributed by atoms with E-state index >= 15 is 0 Å². The second-order valence-electron chi connectivity index (χ2n) is 5.19. The number of nitrogens with zero attached hydrogens (tertiary/aromatic N) is 2. The van der Waals surface area contributed by atoms with Gasteiger partial charge in [-0.25, -0.2) is 14.4 Å². The van der Waals surface area contributed by atoms with E-state index in [0.29, 0.717) is 22.4 Å². The van der Waals surface area contributed by atoms with Gasteiger partial charge in [-0.15, -0.1) is 0 Å². The van der Waals surface area contributed by atoms with Gasteiger partial charge in [0.2, 0.25) is 0 Å². The number of nitrogens with one attached hydrogen (secondary N) is 1. The fourth-order valence-electron chi connectivity index (χ4n) is 2.09. The highest BCUT2D eigenvalue weighted by Gasteiger charge is 2.18. The normalized spacial score (nSPS) is 12.2. The molecular weight excluding hydrogens is 289 g/mol. The minimum Gasteiger partial charge on any atom is -0.481 e. The van der Waals surface area contributed by atoms with Crippen LogP contribution in [0.5, 0.6) is 0 Å². The van der Waals surface area contributed by atoms with Gasteiger partial charge in [-0.2, -0.15) is 0 Å². The fraction of sp³-hybridized carbons (Fsp3) is 0.333. The van der Waals surface area contributed by atoms with Crippen molar-refractivity contribution < 1.29 is 19.1 Å². The zero-order valence-corrected chi connectivity index (χ0v) is 12.5. The van der Waals surface area contributed by atoms with Crippen molar-refractivity contribution in [3.8, 4) is 0 Å². The molecular formula is C15H16FN3O3. The van der Waals surface area contributed by atoms with Crippen LogP contribution < -0.4 is 5.32 Å². The molecule has 2 N–H and O–H groups in total. The van der Waals surface area contributed by atoms with E-state index in [-0.39, 0.29) is 12.0 Å². The van der Waals surface area contributed by atoms with Crippen LogP contribution in [0, 0.1) is 19.7 Å². The number of amides is 1. The van der Waals surface area contributed by atoms with E-state index in [4.69, 9.17) is 5.11 Å². The number of aliphatic carboxylic acids is 1. The molecule has 7 heteroatoms. The molecule has 1 aromatic carbocycles. The van der Waals surface area contributed by atoms with Gasteiger partial charge in [0, 0.05) is 12.1 Å². The molecule has 0 saturated heterocycles. The van der Waals surface area contributed by atoms with Crippen LogP contribution in [0.2, 0.25) is 0 Å². The summed E-state index contributed by atoms with van der Waals surface area (Å²) in [4.78, 5) is 31.4. The Morgan fingerprint density at radius 1 is 1.27 bits per heavy atom. The summed E-state index contributed by atoms with van der Waals surface area (Å²) in [5.41, 5.74) is 1.93. The number of aromatic nitrogens is 2. The summed E-state index contributed by atoms with van der Waals surface area (Å²) >= 11 is 0. The number of carboxylic acids is 1. The molecule has 2 aromatic rings. The van der Waals surface area contributed by atoms with Crippen LogP contribution in [0.1, 0.15) is 35.1 Å². The molecule has 116 valence electrons. The van der Waals surface area contributed by atoms with Crippen molar-refractivity contribution in [1.29, 1.82) is 0 Å². The molecule has 1 aromatic heterocycles. The number of hydrogen-bond acceptors (Lipinski definition) is 4. The molecule has 0 aliphatic carbocycles. The van der Waals surface area contributed by atoms with E-state index in [0.717, 1.165) is 6.07 Å². The Labute approximate surface area is 126 Å². The Morgan fingerprint density at radius 3 is 2.55 bits per heavy atom. The molecule has 1 unspecified atom stereocenters. The van der Waals surface area contributed by atoms with Gasteiger partial charge in [-0.3, -0.25) is 9.59 Å². The largest absolute Gasteiger partial charge is 0.481 e. The first-order chi connectivity index (χ1) is 10.3. The van der Waals surface area contributed by atoms with E-state index < -0.39 is 23.7 Å². The summed E-state index contributed by atoms with van der Waals surface area (Å²) in [6.45, 7) is 5.07. The molecule has 0 spiro atoms. The summed E-state index contributed by atoms with van der Waals surface area (Å²) in [5, 5.41) is 11.2. The third-order valence-electron chi connectivity index (χ3n) is 3.25. The first-order valence-electron chi connectivity index (χ1n) is 6.75. The number of fused-ring (bicyclic) bond motifs is 1. The smallest absolute Gasteiger partial charge is 0.305 e. The summed E-state index contributed by atoms with van der Waals surface area (Å²) in [7, 11) is 0. The van der Waals surface area contributed by atoms with Gasteiger partial charge in [0.25, 0.3) is 5.91 Å². The lowest BCUT2D eigenvalue weighted by atomic mass is 10.1. The quantitative estimate of drug-likeness (QED) is 0.901. The number of carboxylic acid groups (broad SMARTS) is 1. The van der Waals surface area contributed by atoms with Crippen LogP contribution in [0.3, 0.4) is 0 Å². The minimum absolute atomic E-state index is 0.0443. The standard InChI is InChI=1S/C15H16FN3O3/c1-7(4-13(20)21)17-15(22)11-5-10(16)6-12-14(11)19-9(3)8(2)18-12/h5-7H,4H2,1-3H3,(H,17,22)(H,20,21). The van der Waals surface area contributed by atoms with Crippen molar-refractivity contribution in [1.82, 2.24) is 15.3 Å². The van der Waals surface area contributed by atoms with Gasteiger partial charge in [0.05, 0.1) is 28.9 Å². The highest BCUT2D eigenvalue weighted by Crippen LogP contribution is 2.19. The van der Waals surface area contributed by atoms with Crippen LogP contribution in [-0.4, -0.2) is 33.0 Å². The SMILES string of the molecule is Cc1nc2cc(F)cc(C(=O)NC(C)CC(=O)O)c2nc1C. The molecule has 0 saturated carbocycles. The third kappa shape index (κ3) is 3.36. The zero-order valence-electron chi connectivity index (χ0n) is 12.5. The third-order valence-corrected chi connectivity index (χ3v) is 3.25. The maximum absolute atomic E-state index is 13.7. The van der Waals surface area contributed by atoms with Crippen LogP contribution in [0.15, 0.2) is 12.1 Å². The van der Waals surface area contributed by atoms with Crippen LogP contribution >= 0.6 is 0 Å². The highest BCUT2D eigenvalue weighted by molar-refractivity contribution is 6.05. The Morgan fingerprint density at radius 2 is 1.91 bits per heavy atom. The number of benzene rings is 1. The number of hydrogen-bond donors (Lipinski definition) is 2. The van der Waals surface area contributed by atoms with Crippen molar-refractivity contribution in [3.63, 3.8) is 0 Å². The molecule has 1 heterocycles. The lowest BCUT2D eigenvalue weighted by Gasteiger charge is -2.13. The van der Waals surface area contributed by atoms with E-state index in [9.17, 15) is 14.0 Å². The van der Waals surface area contributed by atoms with Crippen LogP contribution in [-0.2, 0) is 4.79 Å². The number of aryl methyl sites for hydroxylation is 2. The van der Waals surface area contributed by atoms with Gasteiger partial charge < -0.3 is 10.4 Å². The van der Waals surface area contributed by atoms with E-state index in [1.54, 1.807) is 20.8 Å². The Hall–Kier alpha value is -2.57. The Bertz CT molecular complexity index is 761. The van der Waals surface area contributed by atoms with Crippen molar-refractivity contribution in [2.45, 2.75) is 33.2 Å². The maximum atomic E-state index is 13.7. The molecule has 2 rings (SSSR count). The minimum atomic E-state index is -1.02. The van der Waals surface area contributed by atoms with Crippen molar-refractivity contribution in [2.24, 2.45) is 0 Å². The number of carbonyl (C=O) groups is 2. The molecule has 0 radical (unpaired) electrons. The summed E-state index contributed by atoms with van der Waals surface area (Å²) in [6, 6.07) is 1.71. The number of carbonyl (C=O) groups excluding carboxylic acids is 1. The number of rotatable bonds is 4. The van der Waals surface area contributed by atoms with Crippen molar-refractivity contribution >= 4 is 22.9 Å². The lowest BCUT2D eigenvalue weighted by Crippen LogP contribution is -2.34. The first kappa shape index (κ1) is 15.8. The maximum Gasteiger partial charge on any atom is 0.305 e. The van der Waals surface area contributed by atoms with E-state index in [1.165, 1.54) is 6.07 Å². The topological polar surface area (TPSA) is 92.2 Å². The van der Waals surface area contributed by atoms with Crippen LogP contribution in [0.25, 0.3) is 11.0 Å². The molecule has 1 amide bonds. The van der Waals surface area contributed by atoms with Gasteiger partial charge in [-0.1, -0.05) is 0 Å². The van der Waals surface area contributed by atoms with Crippen molar-refractivity contribution in [2.75, 3.05) is 0 Å². The molecule has 22 heavy (non-hydrogen) atoms. The molecule has 0 fully saturated rings. The van der Waals surface area contributed by atoms with Gasteiger partial charge in [-0.05, 0) is 26.8 Å². The summed E-state index contributed by atoms with van der Waals surface area (Å²) in [5.74, 6) is -2.19. The van der Waals surface area contributed by atoms with Gasteiger partial charge >= 0.3 is 5.97 Å². The summed E-state index contributed by atoms with van der Waals surface area (Å²) < 4.78 is 13.7. The van der Waals surface area contributed by atoms with E-state index in [2.05, 4.69) is 15.3 Å². The second-order valence-corrected chi connectivity index (χ2v) is 5.19. The average molecular weight is 305 g/mol. The predicted molar refractivity (Wildman–Crippen MR) is 78.2 cm³/mol. The molecule has 0 aliphatic heterocycles. The molecule has 1 atom stereocenters. The van der Waals surface area contributed by atoms with Crippen molar-refractivity contribution in [3.05, 3.63) is 34.9 Å². The van der Waals surface area contributed by atoms with Crippen LogP contribution in [0.4, 0.5) is 4.39 Å². The molecule has 6 nitrogen and oxygen atoms in total. The first-order valence-corrected chi connectivity index (χ1v) is 6.75. The second kappa shape index (κ2) is 6.05. The Balaban J connectivity index is 2.43. The molecule has 0 aliphatic rings. The number of halogens is 1. The fourth-order valence-corrected chi connectivity index (χ4v) is 2.09. The average Bonchev–Trinajstić information content (AvgIpc) is 2.38. The Kier molecular flexibility index (Phi) is 4.35. The van der Waals surface area contributed by atoms with Gasteiger partial charge in [0.1, 0.15) is 11.3 Å².